The van der Waals surface area contributed by atoms with E-state index in [0.29, 0.717) is 33.7 Å². The van der Waals surface area contributed by atoms with Crippen molar-refractivity contribution in [3.8, 4) is 11.8 Å². The Morgan fingerprint density at radius 1 is 1.22 bits per heavy atom. The zero-order chi connectivity index (χ0) is 19.2. The number of thioether (sulfide) groups is 1. The summed E-state index contributed by atoms with van der Waals surface area (Å²) >= 11 is 6.53. The summed E-state index contributed by atoms with van der Waals surface area (Å²) in [6.07, 6.45) is 3.47. The highest BCUT2D eigenvalue weighted by atomic mass is 32.2. The Labute approximate surface area is 167 Å². The van der Waals surface area contributed by atoms with Crippen molar-refractivity contribution in [2.24, 2.45) is 0 Å². The van der Waals surface area contributed by atoms with E-state index >= 15 is 0 Å². The zero-order valence-corrected chi connectivity index (χ0v) is 16.1. The van der Waals surface area contributed by atoms with E-state index in [0.717, 1.165) is 11.1 Å². The number of hydrogen-bond acceptors (Lipinski definition) is 5. The van der Waals surface area contributed by atoms with Crippen LogP contribution < -0.4 is 4.74 Å². The molecule has 6 heteroatoms. The number of ether oxygens (including phenoxy) is 1. The van der Waals surface area contributed by atoms with E-state index in [2.05, 4.69) is 12.6 Å². The van der Waals surface area contributed by atoms with E-state index in [1.807, 2.05) is 48.5 Å². The number of nitriles is 1. The monoisotopic (exact) mass is 392 g/mol. The average Bonchev–Trinajstić information content (AvgIpc) is 2.95. The molecule has 1 heterocycles. The molecule has 3 rings (SSSR count). The molecule has 0 saturated carbocycles. The van der Waals surface area contributed by atoms with Gasteiger partial charge >= 0.3 is 0 Å². The van der Waals surface area contributed by atoms with Crippen molar-refractivity contribution in [2.75, 3.05) is 6.54 Å². The molecule has 0 unspecified atom stereocenters. The summed E-state index contributed by atoms with van der Waals surface area (Å²) in [5, 5.41) is 9.12. The second kappa shape index (κ2) is 8.67. The lowest BCUT2D eigenvalue weighted by Gasteiger charge is -2.10. The Balaban J connectivity index is 1.67. The quantitative estimate of drug-likeness (QED) is 0.411. The second-order valence-electron chi connectivity index (χ2n) is 5.71. The van der Waals surface area contributed by atoms with Crippen molar-refractivity contribution in [1.82, 2.24) is 4.90 Å². The third-order valence-corrected chi connectivity index (χ3v) is 5.27. The van der Waals surface area contributed by atoms with Crippen molar-refractivity contribution in [3.05, 3.63) is 82.8 Å². The van der Waals surface area contributed by atoms with Gasteiger partial charge < -0.3 is 4.74 Å². The summed E-state index contributed by atoms with van der Waals surface area (Å²) in [6, 6.07) is 16.9. The molecule has 0 spiro atoms. The normalized spacial score (nSPS) is 15.1. The van der Waals surface area contributed by atoms with Crippen LogP contribution in [0.15, 0.2) is 66.1 Å². The van der Waals surface area contributed by atoms with Gasteiger partial charge in [0.2, 0.25) is 0 Å². The maximum absolute atomic E-state index is 12.3. The maximum Gasteiger partial charge on any atom is 0.266 e. The molecule has 2 aromatic carbocycles. The molecule has 27 heavy (non-hydrogen) atoms. The third kappa shape index (κ3) is 4.45. The smallest absolute Gasteiger partial charge is 0.266 e. The number of carbonyl (C=O) groups excluding carboxylic acids is 1. The minimum absolute atomic E-state index is 0.0988. The molecule has 0 bridgehead atoms. The molecule has 1 aliphatic rings. The first-order valence-corrected chi connectivity index (χ1v) is 9.42. The molecule has 0 aromatic heterocycles. The van der Waals surface area contributed by atoms with E-state index < -0.39 is 0 Å². The van der Waals surface area contributed by atoms with E-state index in [1.54, 1.807) is 12.1 Å². The van der Waals surface area contributed by atoms with Gasteiger partial charge in [-0.25, -0.2) is 0 Å². The topological polar surface area (TPSA) is 53.3 Å². The first-order chi connectivity index (χ1) is 13.1. The third-order valence-electron chi connectivity index (χ3n) is 3.90. The maximum atomic E-state index is 12.3. The first kappa shape index (κ1) is 18.9. The van der Waals surface area contributed by atoms with Crippen molar-refractivity contribution in [2.45, 2.75) is 6.61 Å². The SMILES string of the molecule is C=CCN1C(=O)C(=Cc2ccc(OCc3ccccc3C#N)cc2)SC1=S. The van der Waals surface area contributed by atoms with Gasteiger partial charge in [-0.15, -0.1) is 6.58 Å². The Kier molecular flexibility index (Phi) is 6.07. The molecule has 0 aliphatic carbocycles. The molecule has 0 radical (unpaired) electrons. The average molecular weight is 393 g/mol. The van der Waals surface area contributed by atoms with Gasteiger partial charge in [0.05, 0.1) is 16.5 Å². The lowest BCUT2D eigenvalue weighted by Crippen LogP contribution is -2.27. The lowest BCUT2D eigenvalue weighted by molar-refractivity contribution is -0.121. The Morgan fingerprint density at radius 3 is 2.67 bits per heavy atom. The van der Waals surface area contributed by atoms with Gasteiger partial charge in [0, 0.05) is 12.1 Å². The number of carbonyl (C=O) groups is 1. The number of amides is 1. The van der Waals surface area contributed by atoms with Gasteiger partial charge in [0.1, 0.15) is 16.7 Å². The first-order valence-electron chi connectivity index (χ1n) is 8.19. The molecular weight excluding hydrogens is 376 g/mol. The van der Waals surface area contributed by atoms with Crippen molar-refractivity contribution in [1.29, 1.82) is 5.26 Å². The predicted molar refractivity (Wildman–Crippen MR) is 112 cm³/mol. The molecule has 134 valence electrons. The molecule has 1 saturated heterocycles. The fourth-order valence-electron chi connectivity index (χ4n) is 2.51. The Hall–Kier alpha value is -2.88. The summed E-state index contributed by atoms with van der Waals surface area (Å²) < 4.78 is 6.31. The van der Waals surface area contributed by atoms with Crippen LogP contribution in [-0.4, -0.2) is 21.7 Å². The molecule has 1 amide bonds. The summed E-state index contributed by atoms with van der Waals surface area (Å²) in [7, 11) is 0. The van der Waals surface area contributed by atoms with Crippen molar-refractivity contribution in [3.63, 3.8) is 0 Å². The van der Waals surface area contributed by atoms with Gasteiger partial charge in [0.15, 0.2) is 0 Å². The van der Waals surface area contributed by atoms with Crippen LogP contribution in [0.4, 0.5) is 0 Å². The second-order valence-corrected chi connectivity index (χ2v) is 7.38. The molecule has 2 aromatic rings. The van der Waals surface area contributed by atoms with Gasteiger partial charge in [-0.05, 0) is 29.8 Å². The number of thiocarbonyl (C=S) groups is 1. The number of hydrogen-bond donors (Lipinski definition) is 0. The fourth-order valence-corrected chi connectivity index (χ4v) is 3.79. The van der Waals surface area contributed by atoms with Gasteiger partial charge in [0.25, 0.3) is 5.91 Å². The number of benzene rings is 2. The van der Waals surface area contributed by atoms with E-state index in [4.69, 9.17) is 22.2 Å². The van der Waals surface area contributed by atoms with E-state index in [1.165, 1.54) is 16.7 Å². The van der Waals surface area contributed by atoms with Crippen molar-refractivity contribution >= 4 is 40.3 Å². The molecule has 1 fully saturated rings. The fraction of sp³-hybridized carbons (Fsp3) is 0.0952. The van der Waals surface area contributed by atoms with Crippen LogP contribution in [-0.2, 0) is 11.4 Å². The molecule has 1 aliphatic heterocycles. The van der Waals surface area contributed by atoms with Gasteiger partial charge in [-0.2, -0.15) is 5.26 Å². The van der Waals surface area contributed by atoms with Crippen LogP contribution in [0.2, 0.25) is 0 Å². The number of nitrogens with zero attached hydrogens (tertiary/aromatic N) is 2. The molecule has 0 atom stereocenters. The highest BCUT2D eigenvalue weighted by Gasteiger charge is 2.30. The minimum atomic E-state index is -0.0988. The highest BCUT2D eigenvalue weighted by Crippen LogP contribution is 2.32. The summed E-state index contributed by atoms with van der Waals surface area (Å²) in [5.74, 6) is 0.595. The van der Waals surface area contributed by atoms with Crippen LogP contribution in [0.5, 0.6) is 5.75 Å². The minimum Gasteiger partial charge on any atom is -0.489 e. The molecule has 0 N–H and O–H groups in total. The van der Waals surface area contributed by atoms with E-state index in [-0.39, 0.29) is 5.91 Å². The highest BCUT2D eigenvalue weighted by molar-refractivity contribution is 8.26. The van der Waals surface area contributed by atoms with Crippen LogP contribution in [0.1, 0.15) is 16.7 Å². The Bertz CT molecular complexity index is 959. The predicted octanol–water partition coefficient (Wildman–Crippen LogP) is 4.52. The van der Waals surface area contributed by atoms with Crippen LogP contribution in [0.25, 0.3) is 6.08 Å². The zero-order valence-electron chi connectivity index (χ0n) is 14.4. The summed E-state index contributed by atoms with van der Waals surface area (Å²) in [6.45, 7) is 4.39. The van der Waals surface area contributed by atoms with Crippen LogP contribution in [0.3, 0.4) is 0 Å². The lowest BCUT2D eigenvalue weighted by atomic mass is 10.1. The van der Waals surface area contributed by atoms with E-state index in [9.17, 15) is 4.79 Å². The number of rotatable bonds is 6. The van der Waals surface area contributed by atoms with Crippen LogP contribution in [0, 0.1) is 11.3 Å². The standard InChI is InChI=1S/C21H16N2O2S2/c1-2-11-23-20(24)19(27-21(23)26)12-15-7-9-18(10-8-15)25-14-17-6-4-3-5-16(17)13-22/h2-10,12H,1,11,14H2. The molecule has 4 nitrogen and oxygen atoms in total. The van der Waals surface area contributed by atoms with Crippen molar-refractivity contribution < 1.29 is 9.53 Å². The largest absolute Gasteiger partial charge is 0.489 e. The summed E-state index contributed by atoms with van der Waals surface area (Å²) in [5.41, 5.74) is 2.34. The Morgan fingerprint density at radius 2 is 1.96 bits per heavy atom. The van der Waals surface area contributed by atoms with Crippen LogP contribution >= 0.6 is 24.0 Å². The van der Waals surface area contributed by atoms with Gasteiger partial charge in [-0.3, -0.25) is 9.69 Å². The summed E-state index contributed by atoms with van der Waals surface area (Å²) in [4.78, 5) is 14.5. The van der Waals surface area contributed by atoms with Gasteiger partial charge in [-0.1, -0.05) is 60.4 Å². The molecular formula is C21H16N2O2S2.